The summed E-state index contributed by atoms with van der Waals surface area (Å²) in [4.78, 5) is 9.83. The second-order valence-corrected chi connectivity index (χ2v) is 2.64. The SMILES string of the molecule is CC(CC(=O)O)P=O. The van der Waals surface area contributed by atoms with Gasteiger partial charge in [0.2, 0.25) is 0 Å². The minimum Gasteiger partial charge on any atom is -0.481 e. The van der Waals surface area contributed by atoms with Crippen LogP contribution in [0.4, 0.5) is 0 Å². The molecule has 0 aromatic carbocycles. The Balaban J connectivity index is 3.38. The fraction of sp³-hybridized carbons (Fsp3) is 0.750. The summed E-state index contributed by atoms with van der Waals surface area (Å²) in [5.41, 5.74) is -0.257. The summed E-state index contributed by atoms with van der Waals surface area (Å²) >= 11 is 0. The van der Waals surface area contributed by atoms with E-state index in [-0.39, 0.29) is 20.5 Å². The van der Waals surface area contributed by atoms with Crippen LogP contribution in [0.2, 0.25) is 0 Å². The summed E-state index contributed by atoms with van der Waals surface area (Å²) in [7, 11) is -0.0921. The number of aliphatic carboxylic acids is 1. The molecule has 46 valence electrons. The van der Waals surface area contributed by atoms with Gasteiger partial charge in [-0.3, -0.25) is 9.36 Å². The minimum absolute atomic E-state index is 0.0228. The van der Waals surface area contributed by atoms with Crippen LogP contribution in [-0.4, -0.2) is 16.7 Å². The zero-order valence-corrected chi connectivity index (χ0v) is 5.39. The molecule has 0 radical (unpaired) electrons. The number of hydrogen-bond acceptors (Lipinski definition) is 2. The Hall–Kier alpha value is -0.430. The van der Waals surface area contributed by atoms with Gasteiger partial charge in [-0.1, -0.05) is 6.92 Å². The summed E-state index contributed by atoms with van der Waals surface area (Å²) in [6, 6.07) is 0. The lowest BCUT2D eigenvalue weighted by Crippen LogP contribution is -2.01. The molecule has 0 aliphatic carbocycles. The molecule has 0 saturated heterocycles. The van der Waals surface area contributed by atoms with Crippen LogP contribution >= 0.6 is 8.46 Å². The molecule has 0 heterocycles. The number of carboxylic acid groups (broad SMARTS) is 1. The maximum atomic E-state index is 9.87. The smallest absolute Gasteiger partial charge is 0.304 e. The summed E-state index contributed by atoms with van der Waals surface area (Å²) in [6.45, 7) is 1.61. The highest BCUT2D eigenvalue weighted by Crippen LogP contribution is 2.08. The highest BCUT2D eigenvalue weighted by molar-refractivity contribution is 7.24. The second-order valence-electron chi connectivity index (χ2n) is 1.55. The first-order valence-electron chi connectivity index (χ1n) is 2.21. The highest BCUT2D eigenvalue weighted by atomic mass is 31.1. The molecule has 0 bridgehead atoms. The molecule has 0 amide bonds. The highest BCUT2D eigenvalue weighted by Gasteiger charge is 2.04. The summed E-state index contributed by atoms with van der Waals surface area (Å²) in [5.74, 6) is -0.902. The van der Waals surface area contributed by atoms with Crippen molar-refractivity contribution in [1.29, 1.82) is 0 Å². The van der Waals surface area contributed by atoms with Crippen molar-refractivity contribution in [2.75, 3.05) is 0 Å². The molecule has 0 aromatic heterocycles. The van der Waals surface area contributed by atoms with E-state index in [0.29, 0.717) is 0 Å². The topological polar surface area (TPSA) is 54.4 Å². The van der Waals surface area contributed by atoms with Crippen LogP contribution in [0.25, 0.3) is 0 Å². The average Bonchev–Trinajstić information content (AvgIpc) is 1.65. The maximum absolute atomic E-state index is 9.87. The molecule has 8 heavy (non-hydrogen) atoms. The fourth-order valence-corrected chi connectivity index (χ4v) is 0.521. The van der Waals surface area contributed by atoms with Gasteiger partial charge in [-0.25, -0.2) is 0 Å². The number of carbonyl (C=O) groups is 1. The molecule has 4 heteroatoms. The summed E-state index contributed by atoms with van der Waals surface area (Å²) in [6.07, 6.45) is -0.0228. The lowest BCUT2D eigenvalue weighted by molar-refractivity contribution is -0.136. The van der Waals surface area contributed by atoms with Gasteiger partial charge < -0.3 is 5.11 Å². The van der Waals surface area contributed by atoms with Crippen LogP contribution in [0.1, 0.15) is 13.3 Å². The third-order valence-electron chi connectivity index (χ3n) is 0.650. The molecule has 1 unspecified atom stereocenters. The van der Waals surface area contributed by atoms with E-state index >= 15 is 0 Å². The first-order chi connectivity index (χ1) is 3.66. The van der Waals surface area contributed by atoms with E-state index in [1.807, 2.05) is 0 Å². The monoisotopic (exact) mass is 134 g/mol. The van der Waals surface area contributed by atoms with Crippen molar-refractivity contribution in [2.45, 2.75) is 19.0 Å². The van der Waals surface area contributed by atoms with Gasteiger partial charge >= 0.3 is 5.97 Å². The minimum atomic E-state index is -0.902. The van der Waals surface area contributed by atoms with E-state index in [4.69, 9.17) is 5.11 Å². The number of hydrogen-bond donors (Lipinski definition) is 1. The normalized spacial score (nSPS) is 13.6. The first kappa shape index (κ1) is 7.57. The Morgan fingerprint density at radius 3 is 2.50 bits per heavy atom. The summed E-state index contributed by atoms with van der Waals surface area (Å²) < 4.78 is 9.87. The average molecular weight is 134 g/mol. The second kappa shape index (κ2) is 3.56. The van der Waals surface area contributed by atoms with E-state index in [0.717, 1.165) is 0 Å². The molecule has 1 atom stereocenters. The van der Waals surface area contributed by atoms with Crippen LogP contribution in [-0.2, 0) is 9.36 Å². The molecule has 0 rings (SSSR count). The van der Waals surface area contributed by atoms with Gasteiger partial charge in [0.25, 0.3) is 0 Å². The first-order valence-corrected chi connectivity index (χ1v) is 3.09. The molecule has 0 aliphatic rings. The van der Waals surface area contributed by atoms with Crippen molar-refractivity contribution in [3.63, 3.8) is 0 Å². The van der Waals surface area contributed by atoms with Crippen molar-refractivity contribution < 1.29 is 14.5 Å². The van der Waals surface area contributed by atoms with Crippen molar-refractivity contribution in [3.05, 3.63) is 0 Å². The summed E-state index contributed by atoms with van der Waals surface area (Å²) in [5, 5.41) is 8.07. The number of rotatable bonds is 3. The lowest BCUT2D eigenvalue weighted by Gasteiger charge is -1.92. The van der Waals surface area contributed by atoms with Crippen LogP contribution in [0.3, 0.4) is 0 Å². The van der Waals surface area contributed by atoms with Crippen molar-refractivity contribution in [2.24, 2.45) is 0 Å². The van der Waals surface area contributed by atoms with E-state index in [2.05, 4.69) is 0 Å². The van der Waals surface area contributed by atoms with Gasteiger partial charge in [0.05, 0.1) is 6.42 Å². The van der Waals surface area contributed by atoms with Crippen molar-refractivity contribution in [3.8, 4) is 0 Å². The predicted octanol–water partition coefficient (Wildman–Crippen LogP) is 1.14. The lowest BCUT2D eigenvalue weighted by atomic mass is 10.3. The fourth-order valence-electron chi connectivity index (χ4n) is 0.290. The number of carboxylic acids is 1. The molecule has 0 aromatic rings. The molecule has 3 nitrogen and oxygen atoms in total. The Kier molecular flexibility index (Phi) is 3.37. The van der Waals surface area contributed by atoms with E-state index < -0.39 is 5.97 Å². The van der Waals surface area contributed by atoms with Crippen molar-refractivity contribution >= 4 is 14.4 Å². The largest absolute Gasteiger partial charge is 0.481 e. The van der Waals surface area contributed by atoms with Crippen LogP contribution in [0, 0.1) is 0 Å². The molecule has 0 spiro atoms. The van der Waals surface area contributed by atoms with Gasteiger partial charge in [0.15, 0.2) is 8.46 Å². The van der Waals surface area contributed by atoms with Crippen LogP contribution < -0.4 is 0 Å². The molecule has 1 N–H and O–H groups in total. The third kappa shape index (κ3) is 3.75. The maximum Gasteiger partial charge on any atom is 0.304 e. The molecule has 0 aliphatic heterocycles. The van der Waals surface area contributed by atoms with E-state index in [1.54, 1.807) is 6.92 Å². The van der Waals surface area contributed by atoms with E-state index in [1.165, 1.54) is 0 Å². The molecular weight excluding hydrogens is 127 g/mol. The Labute approximate surface area is 48.9 Å². The van der Waals surface area contributed by atoms with Crippen molar-refractivity contribution in [1.82, 2.24) is 0 Å². The Morgan fingerprint density at radius 2 is 2.38 bits per heavy atom. The quantitative estimate of drug-likeness (QED) is 0.589. The van der Waals surface area contributed by atoms with Crippen LogP contribution in [0.5, 0.6) is 0 Å². The van der Waals surface area contributed by atoms with Gasteiger partial charge in [0, 0.05) is 5.66 Å². The Bertz CT molecular complexity index is 101. The standard InChI is InChI=1S/C4H7O3P/c1-3(8-7)2-4(5)6/h3H,2H2,1H3,(H,5,6). The predicted molar refractivity (Wildman–Crippen MR) is 29.3 cm³/mol. The molecule has 0 saturated carbocycles. The third-order valence-corrected chi connectivity index (χ3v) is 1.19. The van der Waals surface area contributed by atoms with Gasteiger partial charge in [-0.2, -0.15) is 0 Å². The molecule has 0 fully saturated rings. The van der Waals surface area contributed by atoms with Gasteiger partial charge in [-0.05, 0) is 0 Å². The zero-order chi connectivity index (χ0) is 6.57. The Morgan fingerprint density at radius 1 is 1.88 bits per heavy atom. The van der Waals surface area contributed by atoms with E-state index in [9.17, 15) is 9.36 Å². The zero-order valence-electron chi connectivity index (χ0n) is 4.50. The molecular formula is C4H7O3P. The van der Waals surface area contributed by atoms with Gasteiger partial charge in [0.1, 0.15) is 0 Å². The van der Waals surface area contributed by atoms with Crippen LogP contribution in [0.15, 0.2) is 0 Å². The van der Waals surface area contributed by atoms with Gasteiger partial charge in [-0.15, -0.1) is 0 Å².